The van der Waals surface area contributed by atoms with E-state index >= 15 is 0 Å². The first-order valence-electron chi connectivity index (χ1n) is 11.3. The summed E-state index contributed by atoms with van der Waals surface area (Å²) in [7, 11) is 0. The molecule has 2 heterocycles. The molecule has 2 nitrogen and oxygen atoms in total. The lowest BCUT2D eigenvalue weighted by atomic mass is 9.91. The van der Waals surface area contributed by atoms with Crippen molar-refractivity contribution in [2.75, 3.05) is 26.2 Å². The number of fused-ring (bicyclic) bond motifs is 2. The van der Waals surface area contributed by atoms with Gasteiger partial charge < -0.3 is 4.90 Å². The fourth-order valence-corrected chi connectivity index (χ4v) is 5.65. The van der Waals surface area contributed by atoms with E-state index < -0.39 is 0 Å². The lowest BCUT2D eigenvalue weighted by molar-refractivity contribution is 0.0839. The predicted octanol–water partition coefficient (Wildman–Crippen LogP) is 5.54. The normalized spacial score (nSPS) is 23.9. The van der Waals surface area contributed by atoms with E-state index in [2.05, 4.69) is 89.5 Å². The molecule has 2 fully saturated rings. The van der Waals surface area contributed by atoms with Crippen molar-refractivity contribution in [3.63, 3.8) is 0 Å². The first-order valence-corrected chi connectivity index (χ1v) is 11.3. The number of nitrogens with zero attached hydrogens (tertiary/aromatic N) is 2. The highest BCUT2D eigenvalue weighted by molar-refractivity contribution is 5.86. The third kappa shape index (κ3) is 3.84. The Labute approximate surface area is 175 Å². The Balaban J connectivity index is 1.31. The van der Waals surface area contributed by atoms with Crippen LogP contribution in [-0.4, -0.2) is 42.0 Å². The molecule has 29 heavy (non-hydrogen) atoms. The fourth-order valence-electron chi connectivity index (χ4n) is 5.65. The van der Waals surface area contributed by atoms with Gasteiger partial charge in [-0.25, -0.2) is 0 Å². The van der Waals surface area contributed by atoms with Gasteiger partial charge in [0, 0.05) is 25.2 Å². The molecule has 0 amide bonds. The molecule has 2 saturated heterocycles. The van der Waals surface area contributed by atoms with E-state index in [0.717, 1.165) is 12.3 Å². The van der Waals surface area contributed by atoms with Crippen molar-refractivity contribution in [2.24, 2.45) is 5.92 Å². The van der Waals surface area contributed by atoms with Gasteiger partial charge >= 0.3 is 0 Å². The molecule has 0 aliphatic carbocycles. The van der Waals surface area contributed by atoms with Gasteiger partial charge in [-0.15, -0.1) is 0 Å². The SMILES string of the molecule is CC(c1cccc2ccccc12)N1CCC2CCN(CCc3ccccc3)CC21. The molecule has 2 heteroatoms. The van der Waals surface area contributed by atoms with Crippen LogP contribution >= 0.6 is 0 Å². The molecule has 3 aromatic rings. The molecule has 0 spiro atoms. The molecule has 2 aliphatic rings. The van der Waals surface area contributed by atoms with Crippen LogP contribution in [0.2, 0.25) is 0 Å². The molecule has 0 saturated carbocycles. The highest BCUT2D eigenvalue weighted by Gasteiger charge is 2.40. The average molecular weight is 385 g/mol. The summed E-state index contributed by atoms with van der Waals surface area (Å²) in [5.74, 6) is 0.875. The minimum Gasteiger partial charge on any atom is -0.301 e. The Morgan fingerprint density at radius 3 is 2.52 bits per heavy atom. The van der Waals surface area contributed by atoms with Gasteiger partial charge in [-0.3, -0.25) is 4.90 Å². The van der Waals surface area contributed by atoms with Gasteiger partial charge in [0.25, 0.3) is 0 Å². The van der Waals surface area contributed by atoms with E-state index in [9.17, 15) is 0 Å². The van der Waals surface area contributed by atoms with Gasteiger partial charge in [0.2, 0.25) is 0 Å². The fraction of sp³-hybridized carbons (Fsp3) is 0.407. The van der Waals surface area contributed by atoms with Crippen molar-refractivity contribution in [3.05, 3.63) is 83.9 Å². The Kier molecular flexibility index (Phi) is 5.39. The number of rotatable bonds is 5. The van der Waals surface area contributed by atoms with Crippen molar-refractivity contribution >= 4 is 10.8 Å². The van der Waals surface area contributed by atoms with Crippen molar-refractivity contribution in [2.45, 2.75) is 38.3 Å². The monoisotopic (exact) mass is 384 g/mol. The molecule has 0 bridgehead atoms. The minimum absolute atomic E-state index is 0.477. The molecule has 0 N–H and O–H groups in total. The van der Waals surface area contributed by atoms with E-state index in [1.54, 1.807) is 0 Å². The number of likely N-dealkylation sites (tertiary alicyclic amines) is 2. The van der Waals surface area contributed by atoms with Gasteiger partial charge in [-0.2, -0.15) is 0 Å². The van der Waals surface area contributed by atoms with Crippen molar-refractivity contribution in [1.29, 1.82) is 0 Å². The van der Waals surface area contributed by atoms with Crippen LogP contribution in [0.15, 0.2) is 72.8 Å². The molecule has 0 aromatic heterocycles. The van der Waals surface area contributed by atoms with Crippen LogP contribution < -0.4 is 0 Å². The van der Waals surface area contributed by atoms with E-state index in [-0.39, 0.29) is 0 Å². The van der Waals surface area contributed by atoms with E-state index in [0.29, 0.717) is 12.1 Å². The summed E-state index contributed by atoms with van der Waals surface area (Å²) in [6, 6.07) is 27.8. The summed E-state index contributed by atoms with van der Waals surface area (Å²) >= 11 is 0. The molecule has 3 atom stereocenters. The Morgan fingerprint density at radius 1 is 0.862 bits per heavy atom. The molecular weight excluding hydrogens is 352 g/mol. The summed E-state index contributed by atoms with van der Waals surface area (Å²) in [5, 5.41) is 2.78. The molecule has 150 valence electrons. The zero-order chi connectivity index (χ0) is 19.6. The summed E-state index contributed by atoms with van der Waals surface area (Å²) < 4.78 is 0. The number of benzene rings is 3. The topological polar surface area (TPSA) is 6.48 Å². The molecule has 2 aliphatic heterocycles. The van der Waals surface area contributed by atoms with Crippen molar-refractivity contribution in [1.82, 2.24) is 9.80 Å². The molecule has 3 aromatic carbocycles. The first-order chi connectivity index (χ1) is 14.3. The summed E-state index contributed by atoms with van der Waals surface area (Å²) in [6.07, 6.45) is 3.89. The molecule has 0 radical (unpaired) electrons. The van der Waals surface area contributed by atoms with Gasteiger partial charge in [0.1, 0.15) is 0 Å². The smallest absolute Gasteiger partial charge is 0.0329 e. The summed E-state index contributed by atoms with van der Waals surface area (Å²) in [6.45, 7) is 7.35. The van der Waals surface area contributed by atoms with E-state index in [4.69, 9.17) is 0 Å². The van der Waals surface area contributed by atoms with Gasteiger partial charge in [-0.1, -0.05) is 72.8 Å². The van der Waals surface area contributed by atoms with E-state index in [1.807, 2.05) is 0 Å². The van der Waals surface area contributed by atoms with Gasteiger partial charge in [0.15, 0.2) is 0 Å². The maximum absolute atomic E-state index is 2.81. The van der Waals surface area contributed by atoms with Crippen LogP contribution in [0, 0.1) is 5.92 Å². The Morgan fingerprint density at radius 2 is 1.62 bits per heavy atom. The predicted molar refractivity (Wildman–Crippen MR) is 122 cm³/mol. The van der Waals surface area contributed by atoms with Crippen LogP contribution in [0.5, 0.6) is 0 Å². The van der Waals surface area contributed by atoms with Crippen LogP contribution in [0.4, 0.5) is 0 Å². The zero-order valence-corrected chi connectivity index (χ0v) is 17.5. The Bertz CT molecular complexity index is 946. The maximum Gasteiger partial charge on any atom is 0.0329 e. The molecular formula is C27H32N2. The second kappa shape index (κ2) is 8.30. The summed E-state index contributed by atoms with van der Waals surface area (Å²) in [5.41, 5.74) is 2.95. The molecule has 5 rings (SSSR count). The maximum atomic E-state index is 2.81. The highest BCUT2D eigenvalue weighted by atomic mass is 15.3. The van der Waals surface area contributed by atoms with E-state index in [1.165, 1.54) is 60.9 Å². The van der Waals surface area contributed by atoms with Crippen LogP contribution in [-0.2, 0) is 6.42 Å². The Hall–Kier alpha value is -2.16. The zero-order valence-electron chi connectivity index (χ0n) is 17.5. The first kappa shape index (κ1) is 18.8. The summed E-state index contributed by atoms with van der Waals surface area (Å²) in [4.78, 5) is 5.52. The van der Waals surface area contributed by atoms with Gasteiger partial charge in [-0.05, 0) is 67.1 Å². The number of piperidine rings is 1. The molecule has 3 unspecified atom stereocenters. The van der Waals surface area contributed by atoms with Crippen molar-refractivity contribution in [3.8, 4) is 0 Å². The number of hydrogen-bond donors (Lipinski definition) is 0. The third-order valence-corrected chi connectivity index (χ3v) is 7.32. The van der Waals surface area contributed by atoms with Crippen molar-refractivity contribution < 1.29 is 0 Å². The van der Waals surface area contributed by atoms with Crippen LogP contribution in [0.25, 0.3) is 10.8 Å². The van der Waals surface area contributed by atoms with Gasteiger partial charge in [0.05, 0.1) is 0 Å². The lowest BCUT2D eigenvalue weighted by Crippen LogP contribution is -2.49. The lowest BCUT2D eigenvalue weighted by Gasteiger charge is -2.41. The third-order valence-electron chi connectivity index (χ3n) is 7.32. The highest BCUT2D eigenvalue weighted by Crippen LogP contribution is 2.38. The average Bonchev–Trinajstić information content (AvgIpc) is 3.21. The quantitative estimate of drug-likeness (QED) is 0.570. The minimum atomic E-state index is 0.477. The second-order valence-electron chi connectivity index (χ2n) is 8.92. The second-order valence-corrected chi connectivity index (χ2v) is 8.92. The largest absolute Gasteiger partial charge is 0.301 e. The standard InChI is InChI=1S/C27H32N2/c1-21(25-13-7-11-23-10-5-6-12-26(23)25)29-19-16-24-15-18-28(20-27(24)29)17-14-22-8-3-2-4-9-22/h2-13,21,24,27H,14-20H2,1H3. The van der Waals surface area contributed by atoms with Crippen LogP contribution in [0.3, 0.4) is 0 Å². The van der Waals surface area contributed by atoms with Crippen LogP contribution in [0.1, 0.15) is 36.9 Å². The number of hydrogen-bond acceptors (Lipinski definition) is 2.